The van der Waals surface area contributed by atoms with Gasteiger partial charge in [-0.25, -0.2) is 0 Å². The van der Waals surface area contributed by atoms with E-state index in [0.717, 1.165) is 0 Å². The lowest BCUT2D eigenvalue weighted by molar-refractivity contribution is 0.869. The van der Waals surface area contributed by atoms with Gasteiger partial charge in [0.15, 0.2) is 0 Å². The van der Waals surface area contributed by atoms with E-state index in [9.17, 15) is 0 Å². The summed E-state index contributed by atoms with van der Waals surface area (Å²) >= 11 is 0. The first-order chi connectivity index (χ1) is 36.0. The van der Waals surface area contributed by atoms with Crippen molar-refractivity contribution in [3.05, 3.63) is 242 Å². The lowest BCUT2D eigenvalue weighted by atomic mass is 9.80. The number of hydrogen-bond donors (Lipinski definition) is 0. The largest absolute Gasteiger partial charge is 0.0616 e. The molecule has 0 saturated carbocycles. The molecule has 14 aromatic rings. The summed E-state index contributed by atoms with van der Waals surface area (Å²) < 4.78 is 0. The Morgan fingerprint density at radius 3 is 0.836 bits per heavy atom. The molecule has 0 bridgehead atoms. The number of fused-ring (bicyclic) bond motifs is 12. The fourth-order valence-electron chi connectivity index (χ4n) is 13.3. The van der Waals surface area contributed by atoms with E-state index in [-0.39, 0.29) is 0 Å². The Balaban J connectivity index is 1.07. The van der Waals surface area contributed by atoms with Crippen LogP contribution in [0.3, 0.4) is 0 Å². The molecule has 0 unspecified atom stereocenters. The van der Waals surface area contributed by atoms with Gasteiger partial charge in [-0.2, -0.15) is 0 Å². The van der Waals surface area contributed by atoms with Gasteiger partial charge in [-0.3, -0.25) is 0 Å². The van der Waals surface area contributed by atoms with Crippen LogP contribution >= 0.6 is 0 Å². The van der Waals surface area contributed by atoms with E-state index in [1.54, 1.807) is 0 Å². The molecule has 0 heteroatoms. The van der Waals surface area contributed by atoms with E-state index in [2.05, 4.69) is 250 Å². The van der Waals surface area contributed by atoms with Crippen molar-refractivity contribution < 1.29 is 0 Å². The first-order valence-electron chi connectivity index (χ1n) is 25.8. The zero-order chi connectivity index (χ0) is 48.1. The molecule has 0 saturated heterocycles. The molecule has 14 aromatic carbocycles. The van der Waals surface area contributed by atoms with Gasteiger partial charge in [0, 0.05) is 0 Å². The van der Waals surface area contributed by atoms with Crippen LogP contribution in [-0.2, 0) is 0 Å². The standard InChI is InChI=1S/C73H46/c1-42(2)47-31-32-58-63(41-47)67(55-30-26-46-16-6-10-20-51(46)40-55)73-62-36-35-60-68-59(33-34-61(69(62)68)72(73)66(58)54-29-25-45-15-5-9-19-50(45)39-54)70-64(52-27-23-43-13-3-7-17-48(43)37-52)56-21-11-12-22-57(56)65(71(60)70)53-28-24-44-14-4-8-18-49(44)38-53/h3-42H,1-2H3. The SMILES string of the molecule is CC(C)c1ccc2c(-c3ccc4ccccc4c3)c3c(c(-c4ccc5ccccc5c4)c2c1)-c1ccc2c4c(ccc-3c14)-c1c-2c(-c2ccc3ccccc3c2)c2ccccc2c1-c1ccc2ccccc2c1. The first kappa shape index (κ1) is 40.6. The van der Waals surface area contributed by atoms with Gasteiger partial charge in [-0.05, 0) is 200 Å². The molecule has 16 rings (SSSR count). The zero-order valence-corrected chi connectivity index (χ0v) is 40.6. The molecule has 0 nitrogen and oxygen atoms in total. The second kappa shape index (κ2) is 15.2. The number of benzene rings is 14. The van der Waals surface area contributed by atoms with E-state index < -0.39 is 0 Å². The van der Waals surface area contributed by atoms with Crippen molar-refractivity contribution in [2.45, 2.75) is 19.8 Å². The molecule has 0 aliphatic heterocycles. The van der Waals surface area contributed by atoms with E-state index >= 15 is 0 Å². The summed E-state index contributed by atoms with van der Waals surface area (Å²) in [7, 11) is 0. The molecule has 73 heavy (non-hydrogen) atoms. The van der Waals surface area contributed by atoms with Crippen molar-refractivity contribution in [1.29, 1.82) is 0 Å². The Bertz CT molecular complexity index is 4620. The molecular weight excluding hydrogens is 877 g/mol. The monoisotopic (exact) mass is 922 g/mol. The quantitative estimate of drug-likeness (QED) is 0.161. The topological polar surface area (TPSA) is 0 Å². The van der Waals surface area contributed by atoms with Crippen LogP contribution in [0.25, 0.3) is 164 Å². The highest BCUT2D eigenvalue weighted by Gasteiger charge is 2.37. The summed E-state index contributed by atoms with van der Waals surface area (Å²) in [6, 6.07) is 90.1. The second-order valence-corrected chi connectivity index (χ2v) is 20.8. The average Bonchev–Trinajstić information content (AvgIpc) is 4.03. The molecule has 0 atom stereocenters. The van der Waals surface area contributed by atoms with E-state index in [4.69, 9.17) is 0 Å². The third-order valence-electron chi connectivity index (χ3n) is 16.6. The van der Waals surface area contributed by atoms with Crippen LogP contribution in [0.5, 0.6) is 0 Å². The summed E-state index contributed by atoms with van der Waals surface area (Å²) in [5.41, 5.74) is 22.1. The predicted octanol–water partition coefficient (Wildman–Crippen LogP) is 20.8. The van der Waals surface area contributed by atoms with Crippen LogP contribution in [0.15, 0.2) is 237 Å². The van der Waals surface area contributed by atoms with E-state index in [1.807, 2.05) is 0 Å². The predicted molar refractivity (Wildman–Crippen MR) is 314 cm³/mol. The molecule has 0 aromatic heterocycles. The summed E-state index contributed by atoms with van der Waals surface area (Å²) in [5.74, 6) is 0.369. The van der Waals surface area contributed by atoms with Gasteiger partial charge in [-0.1, -0.05) is 226 Å². The highest BCUT2D eigenvalue weighted by Crippen LogP contribution is 2.64. The van der Waals surface area contributed by atoms with Crippen LogP contribution in [-0.4, -0.2) is 0 Å². The fourth-order valence-corrected chi connectivity index (χ4v) is 13.3. The summed E-state index contributed by atoms with van der Waals surface area (Å²) in [6.45, 7) is 4.64. The third kappa shape index (κ3) is 5.78. The van der Waals surface area contributed by atoms with Gasteiger partial charge in [0.1, 0.15) is 0 Å². The maximum absolute atomic E-state index is 2.51. The highest BCUT2D eigenvalue weighted by atomic mass is 14.4. The van der Waals surface area contributed by atoms with Gasteiger partial charge in [0.05, 0.1) is 0 Å². The molecule has 338 valence electrons. The Labute approximate surface area is 424 Å². The minimum Gasteiger partial charge on any atom is -0.0616 e. The van der Waals surface area contributed by atoms with Crippen LogP contribution in [0.2, 0.25) is 0 Å². The van der Waals surface area contributed by atoms with E-state index in [1.165, 1.54) is 170 Å². The average molecular weight is 923 g/mol. The molecule has 0 fully saturated rings. The lowest BCUT2D eigenvalue weighted by Gasteiger charge is -2.22. The lowest BCUT2D eigenvalue weighted by Crippen LogP contribution is -1.96. The zero-order valence-electron chi connectivity index (χ0n) is 40.6. The molecule has 0 heterocycles. The van der Waals surface area contributed by atoms with Crippen LogP contribution in [0.4, 0.5) is 0 Å². The van der Waals surface area contributed by atoms with E-state index in [0.29, 0.717) is 5.92 Å². The summed E-state index contributed by atoms with van der Waals surface area (Å²) in [6.07, 6.45) is 0. The van der Waals surface area contributed by atoms with Gasteiger partial charge in [-0.15, -0.1) is 0 Å². The normalized spacial score (nSPS) is 12.4. The van der Waals surface area contributed by atoms with Crippen molar-refractivity contribution in [2.75, 3.05) is 0 Å². The van der Waals surface area contributed by atoms with Gasteiger partial charge >= 0.3 is 0 Å². The van der Waals surface area contributed by atoms with Crippen molar-refractivity contribution in [3.8, 4) is 89.0 Å². The number of hydrogen-bond acceptors (Lipinski definition) is 0. The maximum Gasteiger partial charge on any atom is -0.000740 e. The van der Waals surface area contributed by atoms with Crippen LogP contribution in [0.1, 0.15) is 25.3 Å². The van der Waals surface area contributed by atoms with Gasteiger partial charge < -0.3 is 0 Å². The van der Waals surface area contributed by atoms with Crippen molar-refractivity contribution >= 4 is 75.4 Å². The van der Waals surface area contributed by atoms with Crippen molar-refractivity contribution in [1.82, 2.24) is 0 Å². The second-order valence-electron chi connectivity index (χ2n) is 20.8. The summed E-state index contributed by atoms with van der Waals surface area (Å²) in [5, 5.41) is 17.8. The van der Waals surface area contributed by atoms with Gasteiger partial charge in [0.25, 0.3) is 0 Å². The van der Waals surface area contributed by atoms with Crippen LogP contribution in [0, 0.1) is 0 Å². The van der Waals surface area contributed by atoms with Crippen molar-refractivity contribution in [2.24, 2.45) is 0 Å². The Hall–Kier alpha value is -9.10. The van der Waals surface area contributed by atoms with Crippen molar-refractivity contribution in [3.63, 3.8) is 0 Å². The minimum atomic E-state index is 0.369. The fraction of sp³-hybridized carbons (Fsp3) is 0.0411. The third-order valence-corrected chi connectivity index (χ3v) is 16.6. The Morgan fingerprint density at radius 2 is 0.507 bits per heavy atom. The summed E-state index contributed by atoms with van der Waals surface area (Å²) in [4.78, 5) is 0. The van der Waals surface area contributed by atoms with Gasteiger partial charge in [0.2, 0.25) is 0 Å². The maximum atomic E-state index is 2.51. The molecule has 2 aliphatic carbocycles. The minimum absolute atomic E-state index is 0.369. The molecule has 0 N–H and O–H groups in total. The van der Waals surface area contributed by atoms with Crippen LogP contribution < -0.4 is 0 Å². The smallest absolute Gasteiger partial charge is 0.000740 e. The molecule has 0 radical (unpaired) electrons. The molecule has 0 spiro atoms. The highest BCUT2D eigenvalue weighted by molar-refractivity contribution is 6.35. The molecule has 2 aliphatic rings. The Morgan fingerprint density at radius 1 is 0.219 bits per heavy atom. The number of rotatable bonds is 5. The first-order valence-corrected chi connectivity index (χ1v) is 25.8. The Kier molecular flexibility index (Phi) is 8.46. The molecule has 0 amide bonds. The molecular formula is C73H46.